The molecule has 0 bridgehead atoms. The van der Waals surface area contributed by atoms with Crippen LogP contribution in [0, 0.1) is 6.92 Å². The normalized spacial score (nSPS) is 10.4. The summed E-state index contributed by atoms with van der Waals surface area (Å²) in [6.45, 7) is 2.37. The van der Waals surface area contributed by atoms with E-state index < -0.39 is 0 Å². The maximum Gasteiger partial charge on any atom is 0.261 e. The largest absolute Gasteiger partial charge is 0.492 e. The summed E-state index contributed by atoms with van der Waals surface area (Å²) in [6, 6.07) is 20.8. The van der Waals surface area contributed by atoms with Crippen LogP contribution in [0.3, 0.4) is 0 Å². The van der Waals surface area contributed by atoms with Crippen molar-refractivity contribution in [2.75, 3.05) is 11.9 Å². The van der Waals surface area contributed by atoms with Crippen molar-refractivity contribution in [3.05, 3.63) is 92.9 Å². The third-order valence-electron chi connectivity index (χ3n) is 4.33. The van der Waals surface area contributed by atoms with Crippen LogP contribution in [0.2, 0.25) is 5.02 Å². The fraction of sp³-hybridized carbons (Fsp3) is 0.130. The van der Waals surface area contributed by atoms with Crippen molar-refractivity contribution in [1.82, 2.24) is 5.32 Å². The number of hydrogen-bond donors (Lipinski definition) is 2. The van der Waals surface area contributed by atoms with Crippen LogP contribution < -0.4 is 15.4 Å². The lowest BCUT2D eigenvalue weighted by Gasteiger charge is -2.14. The monoisotopic (exact) mass is 502 g/mol. The molecule has 0 saturated carbocycles. The molecular weight excluding hydrogens is 484 g/mol. The molecular formula is C23H20BrClN2O2S. The van der Waals surface area contributed by atoms with E-state index in [0.717, 1.165) is 16.5 Å². The minimum absolute atomic E-state index is 0.176. The fourth-order valence-electron chi connectivity index (χ4n) is 2.73. The van der Waals surface area contributed by atoms with Gasteiger partial charge in [-0.15, -0.1) is 0 Å². The first-order chi connectivity index (χ1) is 14.4. The average Bonchev–Trinajstić information content (AvgIpc) is 2.72. The molecule has 1 amide bonds. The number of carbonyl (C=O) groups is 1. The van der Waals surface area contributed by atoms with Crippen LogP contribution in [0.15, 0.2) is 71.2 Å². The molecule has 0 aliphatic carbocycles. The highest BCUT2D eigenvalue weighted by Gasteiger charge is 2.15. The molecule has 0 spiro atoms. The predicted octanol–water partition coefficient (Wildman–Crippen LogP) is 6.16. The van der Waals surface area contributed by atoms with Gasteiger partial charge >= 0.3 is 0 Å². The second-order valence-electron chi connectivity index (χ2n) is 6.60. The van der Waals surface area contributed by atoms with E-state index in [-0.39, 0.29) is 11.0 Å². The molecule has 0 aromatic heterocycles. The molecule has 30 heavy (non-hydrogen) atoms. The number of nitrogens with one attached hydrogen (secondary N) is 2. The van der Waals surface area contributed by atoms with E-state index in [0.29, 0.717) is 28.6 Å². The number of thiocarbonyl (C=S) groups is 1. The van der Waals surface area contributed by atoms with Gasteiger partial charge in [0.1, 0.15) is 5.75 Å². The molecule has 4 nitrogen and oxygen atoms in total. The first kappa shape index (κ1) is 22.3. The zero-order valence-corrected chi connectivity index (χ0v) is 19.4. The van der Waals surface area contributed by atoms with Crippen molar-refractivity contribution in [2.24, 2.45) is 0 Å². The van der Waals surface area contributed by atoms with E-state index >= 15 is 0 Å². The van der Waals surface area contributed by atoms with Crippen LogP contribution >= 0.6 is 39.7 Å². The van der Waals surface area contributed by atoms with Crippen molar-refractivity contribution in [2.45, 2.75) is 13.3 Å². The Labute approximate surface area is 194 Å². The Hall–Kier alpha value is -2.41. The first-order valence-electron chi connectivity index (χ1n) is 9.27. The molecule has 3 aromatic rings. The molecule has 0 atom stereocenters. The SMILES string of the molecule is Cc1ccc(NC(=S)NC(=O)c2cc(Br)ccc2OCCc2ccccc2)cc1Cl. The summed E-state index contributed by atoms with van der Waals surface area (Å²) in [7, 11) is 0. The fourth-order valence-corrected chi connectivity index (χ4v) is 3.48. The van der Waals surface area contributed by atoms with Crippen molar-refractivity contribution < 1.29 is 9.53 Å². The highest BCUT2D eigenvalue weighted by molar-refractivity contribution is 9.10. The number of amides is 1. The van der Waals surface area contributed by atoms with Crippen LogP contribution in [0.1, 0.15) is 21.5 Å². The maximum atomic E-state index is 12.8. The van der Waals surface area contributed by atoms with E-state index in [1.165, 1.54) is 5.56 Å². The average molecular weight is 504 g/mol. The molecule has 0 aliphatic heterocycles. The van der Waals surface area contributed by atoms with Gasteiger partial charge in [-0.25, -0.2) is 0 Å². The molecule has 3 aromatic carbocycles. The highest BCUT2D eigenvalue weighted by atomic mass is 79.9. The number of aryl methyl sites for hydroxylation is 1. The zero-order chi connectivity index (χ0) is 21.5. The summed E-state index contributed by atoms with van der Waals surface area (Å²) in [4.78, 5) is 12.8. The number of ether oxygens (including phenoxy) is 1. The van der Waals surface area contributed by atoms with E-state index in [1.807, 2.05) is 55.5 Å². The third kappa shape index (κ3) is 6.29. The standard InChI is InChI=1S/C23H20BrClN2O2S/c1-15-7-9-18(14-20(15)25)26-23(30)27-22(28)19-13-17(24)8-10-21(19)29-12-11-16-5-3-2-4-6-16/h2-10,13-14H,11-12H2,1H3,(H2,26,27,28,30). The Morgan fingerprint density at radius 1 is 1.10 bits per heavy atom. The molecule has 0 radical (unpaired) electrons. The molecule has 0 unspecified atom stereocenters. The molecule has 2 N–H and O–H groups in total. The van der Waals surface area contributed by atoms with E-state index in [9.17, 15) is 4.79 Å². The summed E-state index contributed by atoms with van der Waals surface area (Å²) >= 11 is 14.8. The van der Waals surface area contributed by atoms with E-state index in [4.69, 9.17) is 28.6 Å². The Bertz CT molecular complexity index is 1060. The molecule has 3 rings (SSSR count). The van der Waals surface area contributed by atoms with Gasteiger partial charge in [-0.1, -0.05) is 63.9 Å². The summed E-state index contributed by atoms with van der Waals surface area (Å²) in [5, 5.41) is 6.46. The van der Waals surface area contributed by atoms with Gasteiger partial charge in [0.05, 0.1) is 12.2 Å². The first-order valence-corrected chi connectivity index (χ1v) is 10.8. The molecule has 0 fully saturated rings. The summed E-state index contributed by atoms with van der Waals surface area (Å²) in [6.07, 6.45) is 0.742. The molecule has 0 saturated heterocycles. The van der Waals surface area contributed by atoms with Crippen molar-refractivity contribution in [3.8, 4) is 5.75 Å². The number of halogens is 2. The van der Waals surface area contributed by atoms with Crippen molar-refractivity contribution >= 4 is 56.5 Å². The predicted molar refractivity (Wildman–Crippen MR) is 130 cm³/mol. The van der Waals surface area contributed by atoms with Gasteiger partial charge in [-0.3, -0.25) is 10.1 Å². The lowest BCUT2D eigenvalue weighted by atomic mass is 10.1. The second-order valence-corrected chi connectivity index (χ2v) is 8.33. The smallest absolute Gasteiger partial charge is 0.261 e. The van der Waals surface area contributed by atoms with E-state index in [1.54, 1.807) is 18.2 Å². The summed E-state index contributed by atoms with van der Waals surface area (Å²) in [5.41, 5.74) is 3.22. The Morgan fingerprint density at radius 3 is 2.60 bits per heavy atom. The third-order valence-corrected chi connectivity index (χ3v) is 5.44. The molecule has 154 valence electrons. The number of benzene rings is 3. The Balaban J connectivity index is 1.64. The Kier molecular flexibility index (Phi) is 7.85. The van der Waals surface area contributed by atoms with Gasteiger partial charge in [0.15, 0.2) is 5.11 Å². The summed E-state index contributed by atoms with van der Waals surface area (Å²) in [5.74, 6) is 0.134. The number of rotatable bonds is 6. The van der Waals surface area contributed by atoms with Crippen LogP contribution in [-0.2, 0) is 6.42 Å². The quantitative estimate of drug-likeness (QED) is 0.396. The van der Waals surface area contributed by atoms with Gasteiger partial charge in [0.2, 0.25) is 0 Å². The van der Waals surface area contributed by atoms with Crippen LogP contribution in [0.25, 0.3) is 0 Å². The molecule has 0 heterocycles. The minimum atomic E-state index is -0.360. The molecule has 0 aliphatic rings. The van der Waals surface area contributed by atoms with Crippen molar-refractivity contribution in [1.29, 1.82) is 0 Å². The topological polar surface area (TPSA) is 50.4 Å². The summed E-state index contributed by atoms with van der Waals surface area (Å²) < 4.78 is 6.65. The zero-order valence-electron chi connectivity index (χ0n) is 16.2. The molecule has 7 heteroatoms. The Morgan fingerprint density at radius 2 is 1.87 bits per heavy atom. The van der Waals surface area contributed by atoms with E-state index in [2.05, 4.69) is 26.6 Å². The van der Waals surface area contributed by atoms with Gasteiger partial charge in [-0.05, 0) is 60.6 Å². The van der Waals surface area contributed by atoms with Crippen LogP contribution in [0.4, 0.5) is 5.69 Å². The lowest BCUT2D eigenvalue weighted by molar-refractivity contribution is 0.0973. The minimum Gasteiger partial charge on any atom is -0.492 e. The number of carbonyl (C=O) groups excluding carboxylic acids is 1. The van der Waals surface area contributed by atoms with Gasteiger partial charge in [0, 0.05) is 21.6 Å². The van der Waals surface area contributed by atoms with Crippen LogP contribution in [-0.4, -0.2) is 17.6 Å². The van der Waals surface area contributed by atoms with Gasteiger partial charge < -0.3 is 10.1 Å². The number of hydrogen-bond acceptors (Lipinski definition) is 3. The lowest BCUT2D eigenvalue weighted by Crippen LogP contribution is -2.34. The maximum absolute atomic E-state index is 12.8. The number of anilines is 1. The van der Waals surface area contributed by atoms with Crippen molar-refractivity contribution in [3.63, 3.8) is 0 Å². The van der Waals surface area contributed by atoms with Gasteiger partial charge in [-0.2, -0.15) is 0 Å². The van der Waals surface area contributed by atoms with Crippen LogP contribution in [0.5, 0.6) is 5.75 Å². The second kappa shape index (κ2) is 10.6. The highest BCUT2D eigenvalue weighted by Crippen LogP contribution is 2.24. The van der Waals surface area contributed by atoms with Gasteiger partial charge in [0.25, 0.3) is 5.91 Å².